The third-order valence-electron chi connectivity index (χ3n) is 5.42. The van der Waals surface area contributed by atoms with E-state index < -0.39 is 0 Å². The third-order valence-corrected chi connectivity index (χ3v) is 5.42. The minimum Gasteiger partial charge on any atom is -0.303 e. The maximum atomic E-state index is 12.2. The van der Waals surface area contributed by atoms with Crippen molar-refractivity contribution in [2.75, 3.05) is 6.67 Å². The average Bonchev–Trinajstić information content (AvgIpc) is 2.67. The van der Waals surface area contributed by atoms with E-state index in [-0.39, 0.29) is 12.6 Å². The number of aldehydes is 1. The molecule has 0 amide bonds. The van der Waals surface area contributed by atoms with Crippen LogP contribution in [0.25, 0.3) is 0 Å². The van der Waals surface area contributed by atoms with Crippen LogP contribution in [0, 0.1) is 11.8 Å². The van der Waals surface area contributed by atoms with Crippen molar-refractivity contribution in [1.82, 2.24) is 10.2 Å². The summed E-state index contributed by atoms with van der Waals surface area (Å²) in [5, 5.41) is 8.36. The van der Waals surface area contributed by atoms with Crippen LogP contribution >= 0.6 is 0 Å². The number of hydrogen-bond donors (Lipinski definition) is 0. The van der Waals surface area contributed by atoms with Crippen molar-refractivity contribution in [2.24, 2.45) is 11.8 Å². The Morgan fingerprint density at radius 1 is 1.28 bits per heavy atom. The molecule has 5 heteroatoms. The number of nitrogens with zero attached hydrogens (tertiary/aromatic N) is 2. The van der Waals surface area contributed by atoms with Crippen LogP contribution in [-0.2, 0) is 16.0 Å². The molecule has 25 heavy (non-hydrogen) atoms. The lowest BCUT2D eigenvalue weighted by Gasteiger charge is -2.31. The van der Waals surface area contributed by atoms with E-state index in [1.807, 2.05) is 19.1 Å². The van der Waals surface area contributed by atoms with Gasteiger partial charge in [0.2, 0.25) is 0 Å². The molecule has 4 nitrogen and oxygen atoms in total. The summed E-state index contributed by atoms with van der Waals surface area (Å²) >= 11 is 0. The standard InChI is InChI=1S/C20H29FN2O2/c1-2-18(25)11-7-15-5-8-16(9-6-15)19(14-24)20-12-10-17(22-23-20)4-3-13-21/h10,12,14-16,19H,2-9,11,13H2,1H3. The second kappa shape index (κ2) is 10.4. The van der Waals surface area contributed by atoms with Gasteiger partial charge in [-0.15, -0.1) is 0 Å². The Hall–Kier alpha value is -1.65. The van der Waals surface area contributed by atoms with E-state index in [2.05, 4.69) is 10.2 Å². The number of aromatic nitrogens is 2. The van der Waals surface area contributed by atoms with Crippen molar-refractivity contribution >= 4 is 12.1 Å². The van der Waals surface area contributed by atoms with Gasteiger partial charge in [-0.25, -0.2) is 0 Å². The largest absolute Gasteiger partial charge is 0.303 e. The Balaban J connectivity index is 1.87. The van der Waals surface area contributed by atoms with E-state index in [9.17, 15) is 14.0 Å². The number of halogens is 1. The second-order valence-electron chi connectivity index (χ2n) is 7.12. The maximum Gasteiger partial charge on any atom is 0.132 e. The van der Waals surface area contributed by atoms with Crippen LogP contribution in [0.15, 0.2) is 12.1 Å². The first-order valence-electron chi connectivity index (χ1n) is 9.53. The van der Waals surface area contributed by atoms with Crippen LogP contribution in [0.5, 0.6) is 0 Å². The normalized spacial score (nSPS) is 21.7. The van der Waals surface area contributed by atoms with Crippen LogP contribution in [0.3, 0.4) is 0 Å². The Kier molecular flexibility index (Phi) is 8.16. The number of alkyl halides is 1. The zero-order valence-corrected chi connectivity index (χ0v) is 15.1. The van der Waals surface area contributed by atoms with Crippen molar-refractivity contribution in [3.63, 3.8) is 0 Å². The highest BCUT2D eigenvalue weighted by Crippen LogP contribution is 2.38. The first kappa shape index (κ1) is 19.7. The predicted octanol–water partition coefficient (Wildman–Crippen LogP) is 4.23. The molecule has 138 valence electrons. The first-order chi connectivity index (χ1) is 12.2. The topological polar surface area (TPSA) is 59.9 Å². The van der Waals surface area contributed by atoms with Crippen molar-refractivity contribution in [3.8, 4) is 0 Å². The summed E-state index contributed by atoms with van der Waals surface area (Å²) in [4.78, 5) is 23.1. The number of carbonyl (C=O) groups is 2. The Bertz CT molecular complexity index is 539. The Morgan fingerprint density at radius 2 is 2.04 bits per heavy atom. The Morgan fingerprint density at radius 3 is 2.60 bits per heavy atom. The van der Waals surface area contributed by atoms with Crippen LogP contribution in [-0.4, -0.2) is 28.9 Å². The minimum atomic E-state index is -0.354. The van der Waals surface area contributed by atoms with Crippen LogP contribution < -0.4 is 0 Å². The number of ketones is 1. The third kappa shape index (κ3) is 5.98. The molecule has 1 aromatic heterocycles. The molecule has 1 heterocycles. The molecular weight excluding hydrogens is 319 g/mol. The van der Waals surface area contributed by atoms with E-state index >= 15 is 0 Å². The molecule has 0 aliphatic heterocycles. The molecule has 1 atom stereocenters. The number of carbonyl (C=O) groups excluding carboxylic acids is 2. The van der Waals surface area contributed by atoms with Crippen molar-refractivity contribution in [2.45, 2.75) is 70.6 Å². The summed E-state index contributed by atoms with van der Waals surface area (Å²) in [5.74, 6) is 1.05. The molecule has 1 aromatic rings. The quantitative estimate of drug-likeness (QED) is 0.594. The summed E-state index contributed by atoms with van der Waals surface area (Å²) in [5.41, 5.74) is 1.50. The summed E-state index contributed by atoms with van der Waals surface area (Å²) in [6, 6.07) is 3.72. The van der Waals surface area contributed by atoms with Gasteiger partial charge in [-0.05, 0) is 56.1 Å². The van der Waals surface area contributed by atoms with Gasteiger partial charge in [0.1, 0.15) is 12.1 Å². The molecule has 0 aromatic carbocycles. The van der Waals surface area contributed by atoms with E-state index in [1.54, 1.807) is 0 Å². The Labute approximate surface area is 149 Å². The van der Waals surface area contributed by atoms with E-state index in [0.717, 1.165) is 49.8 Å². The second-order valence-corrected chi connectivity index (χ2v) is 7.12. The molecule has 1 aliphatic carbocycles. The van der Waals surface area contributed by atoms with Gasteiger partial charge < -0.3 is 4.79 Å². The highest BCUT2D eigenvalue weighted by molar-refractivity contribution is 5.77. The van der Waals surface area contributed by atoms with Crippen molar-refractivity contribution in [1.29, 1.82) is 0 Å². The molecule has 0 saturated heterocycles. The van der Waals surface area contributed by atoms with Gasteiger partial charge in [0.15, 0.2) is 0 Å². The van der Waals surface area contributed by atoms with Gasteiger partial charge >= 0.3 is 0 Å². The average molecular weight is 348 g/mol. The number of rotatable bonds is 10. The maximum absolute atomic E-state index is 12.2. The van der Waals surface area contributed by atoms with Gasteiger partial charge in [-0.3, -0.25) is 9.18 Å². The summed E-state index contributed by atoms with van der Waals surface area (Å²) < 4.78 is 12.2. The molecule has 0 radical (unpaired) electrons. The zero-order valence-electron chi connectivity index (χ0n) is 15.1. The first-order valence-corrected chi connectivity index (χ1v) is 9.53. The molecule has 1 saturated carbocycles. The number of Topliss-reactive ketones (excluding diaryl/α,β-unsaturated/α-hetero) is 1. The van der Waals surface area contributed by atoms with Crippen molar-refractivity contribution < 1.29 is 14.0 Å². The van der Waals surface area contributed by atoms with E-state index in [1.165, 1.54) is 0 Å². The van der Waals surface area contributed by atoms with Crippen LogP contribution in [0.1, 0.15) is 75.6 Å². The fraction of sp³-hybridized carbons (Fsp3) is 0.700. The smallest absolute Gasteiger partial charge is 0.132 e. The van der Waals surface area contributed by atoms with Crippen LogP contribution in [0.4, 0.5) is 4.39 Å². The van der Waals surface area contributed by atoms with Gasteiger partial charge in [-0.2, -0.15) is 10.2 Å². The predicted molar refractivity (Wildman–Crippen MR) is 95.1 cm³/mol. The molecule has 0 spiro atoms. The molecule has 0 bridgehead atoms. The number of aryl methyl sites for hydroxylation is 1. The molecule has 2 rings (SSSR count). The highest BCUT2D eigenvalue weighted by Gasteiger charge is 2.29. The molecule has 0 N–H and O–H groups in total. The SMILES string of the molecule is CCC(=O)CCC1CCC(C(C=O)c2ccc(CCCF)nn2)CC1. The monoisotopic (exact) mass is 348 g/mol. The van der Waals surface area contributed by atoms with Gasteiger partial charge in [0.05, 0.1) is 24.0 Å². The van der Waals surface area contributed by atoms with Gasteiger partial charge in [0.25, 0.3) is 0 Å². The lowest BCUT2D eigenvalue weighted by Crippen LogP contribution is -2.23. The fourth-order valence-electron chi connectivity index (χ4n) is 3.73. The summed E-state index contributed by atoms with van der Waals surface area (Å²) in [6.45, 7) is 1.56. The van der Waals surface area contributed by atoms with Gasteiger partial charge in [0, 0.05) is 12.8 Å². The number of hydrogen-bond acceptors (Lipinski definition) is 4. The summed E-state index contributed by atoms with van der Waals surface area (Å²) in [6.07, 6.45) is 8.48. The fourth-order valence-corrected chi connectivity index (χ4v) is 3.73. The van der Waals surface area contributed by atoms with E-state index in [4.69, 9.17) is 0 Å². The minimum absolute atomic E-state index is 0.207. The van der Waals surface area contributed by atoms with E-state index in [0.29, 0.717) is 43.3 Å². The molecule has 1 unspecified atom stereocenters. The molecule has 1 aliphatic rings. The lowest BCUT2D eigenvalue weighted by atomic mass is 9.74. The summed E-state index contributed by atoms with van der Waals surface area (Å²) in [7, 11) is 0. The van der Waals surface area contributed by atoms with Crippen molar-refractivity contribution in [3.05, 3.63) is 23.5 Å². The molecule has 1 fully saturated rings. The van der Waals surface area contributed by atoms with Crippen LogP contribution in [0.2, 0.25) is 0 Å². The lowest BCUT2D eigenvalue weighted by molar-refractivity contribution is -0.119. The van der Waals surface area contributed by atoms with Gasteiger partial charge in [-0.1, -0.05) is 19.8 Å². The highest BCUT2D eigenvalue weighted by atomic mass is 19.1. The zero-order chi connectivity index (χ0) is 18.1. The molecular formula is C20H29FN2O2.